The predicted octanol–water partition coefficient (Wildman–Crippen LogP) is 1.90. The molecule has 1 saturated carbocycles. The van der Waals surface area contributed by atoms with Crippen LogP contribution in [0.3, 0.4) is 0 Å². The third-order valence-corrected chi connectivity index (χ3v) is 4.60. The molecule has 7 heteroatoms. The highest BCUT2D eigenvalue weighted by Gasteiger charge is 2.42. The molecule has 0 aliphatic heterocycles. The summed E-state index contributed by atoms with van der Waals surface area (Å²) in [6.45, 7) is 2.08. The number of carbonyl (C=O) groups excluding carboxylic acids is 1. The average molecular weight is 357 g/mol. The standard InChI is InChI=1S/C14H17BrN2O4/c1-8-2-4-14(5-3-8,13(20)21)17-11(18)9-6-10(15)12(19)16-7-9/h6-8H,2-5H2,1H3,(H,16,19)(H,17,18)(H,20,21). The normalized spacial score (nSPS) is 25.3. The zero-order chi connectivity index (χ0) is 15.6. The van der Waals surface area contributed by atoms with Gasteiger partial charge in [-0.3, -0.25) is 9.59 Å². The SMILES string of the molecule is CC1CCC(NC(=O)c2c[nH]c(=O)c(Br)c2)(C(=O)O)CC1. The lowest BCUT2D eigenvalue weighted by Gasteiger charge is -2.36. The first-order valence-corrected chi connectivity index (χ1v) is 7.57. The summed E-state index contributed by atoms with van der Waals surface area (Å²) >= 11 is 3.05. The summed E-state index contributed by atoms with van der Waals surface area (Å²) in [6.07, 6.45) is 3.65. The molecule has 1 aromatic rings. The number of rotatable bonds is 3. The van der Waals surface area contributed by atoms with Gasteiger partial charge < -0.3 is 15.4 Å². The van der Waals surface area contributed by atoms with E-state index in [2.05, 4.69) is 33.2 Å². The van der Waals surface area contributed by atoms with Crippen molar-refractivity contribution in [2.75, 3.05) is 0 Å². The number of hydrogen-bond donors (Lipinski definition) is 3. The van der Waals surface area contributed by atoms with Gasteiger partial charge in [0.05, 0.1) is 10.0 Å². The van der Waals surface area contributed by atoms with Crippen molar-refractivity contribution in [1.82, 2.24) is 10.3 Å². The van der Waals surface area contributed by atoms with Gasteiger partial charge in [0.15, 0.2) is 0 Å². The third-order valence-electron chi connectivity index (χ3n) is 4.01. The Bertz CT molecular complexity index is 618. The molecule has 0 radical (unpaired) electrons. The van der Waals surface area contributed by atoms with Crippen LogP contribution in [0.25, 0.3) is 0 Å². The minimum atomic E-state index is -1.22. The molecule has 1 aromatic heterocycles. The van der Waals surface area contributed by atoms with Crippen molar-refractivity contribution in [3.63, 3.8) is 0 Å². The van der Waals surface area contributed by atoms with Crippen molar-refractivity contribution in [2.24, 2.45) is 5.92 Å². The van der Waals surface area contributed by atoms with Crippen LogP contribution in [0.5, 0.6) is 0 Å². The number of hydrogen-bond acceptors (Lipinski definition) is 3. The molecular weight excluding hydrogens is 340 g/mol. The van der Waals surface area contributed by atoms with E-state index in [-0.39, 0.29) is 15.6 Å². The topological polar surface area (TPSA) is 99.3 Å². The number of aromatic nitrogens is 1. The van der Waals surface area contributed by atoms with E-state index in [4.69, 9.17) is 0 Å². The highest BCUT2D eigenvalue weighted by Crippen LogP contribution is 2.32. The number of aliphatic carboxylic acids is 1. The number of H-pyrrole nitrogens is 1. The van der Waals surface area contributed by atoms with Gasteiger partial charge in [-0.05, 0) is 53.6 Å². The molecule has 2 rings (SSSR count). The van der Waals surface area contributed by atoms with Gasteiger partial charge in [-0.15, -0.1) is 0 Å². The monoisotopic (exact) mass is 356 g/mol. The molecule has 6 nitrogen and oxygen atoms in total. The van der Waals surface area contributed by atoms with Crippen molar-refractivity contribution in [3.8, 4) is 0 Å². The predicted molar refractivity (Wildman–Crippen MR) is 80.2 cm³/mol. The number of amides is 1. The van der Waals surface area contributed by atoms with Gasteiger partial charge in [-0.1, -0.05) is 6.92 Å². The van der Waals surface area contributed by atoms with E-state index in [1.54, 1.807) is 0 Å². The summed E-state index contributed by atoms with van der Waals surface area (Å²) < 4.78 is 0.233. The van der Waals surface area contributed by atoms with Gasteiger partial charge in [0, 0.05) is 6.20 Å². The Balaban J connectivity index is 2.21. The number of carboxylic acids is 1. The summed E-state index contributed by atoms with van der Waals surface area (Å²) in [5.41, 5.74) is -1.33. The van der Waals surface area contributed by atoms with Crippen LogP contribution in [-0.4, -0.2) is 27.5 Å². The fourth-order valence-corrected chi connectivity index (χ4v) is 2.88. The number of aromatic amines is 1. The van der Waals surface area contributed by atoms with E-state index < -0.39 is 17.4 Å². The minimum absolute atomic E-state index is 0.223. The molecule has 1 amide bonds. The summed E-state index contributed by atoms with van der Waals surface area (Å²) in [7, 11) is 0. The van der Waals surface area contributed by atoms with Gasteiger partial charge in [-0.25, -0.2) is 4.79 Å². The fourth-order valence-electron chi connectivity index (χ4n) is 2.52. The first kappa shape index (κ1) is 15.8. The Kier molecular flexibility index (Phi) is 4.51. The summed E-state index contributed by atoms with van der Waals surface area (Å²) in [6, 6.07) is 1.38. The maximum absolute atomic E-state index is 12.3. The van der Waals surface area contributed by atoms with Gasteiger partial charge in [0.25, 0.3) is 11.5 Å². The van der Waals surface area contributed by atoms with Crippen LogP contribution >= 0.6 is 15.9 Å². The van der Waals surface area contributed by atoms with Crippen molar-refractivity contribution in [3.05, 3.63) is 32.7 Å². The van der Waals surface area contributed by atoms with E-state index >= 15 is 0 Å². The number of halogens is 1. The second-order valence-electron chi connectivity index (χ2n) is 5.59. The van der Waals surface area contributed by atoms with Crippen LogP contribution in [0, 0.1) is 5.92 Å². The minimum Gasteiger partial charge on any atom is -0.480 e. The Morgan fingerprint density at radius 3 is 2.57 bits per heavy atom. The van der Waals surface area contributed by atoms with Crippen molar-refractivity contribution in [2.45, 2.75) is 38.1 Å². The van der Waals surface area contributed by atoms with E-state index in [1.165, 1.54) is 12.3 Å². The highest BCUT2D eigenvalue weighted by atomic mass is 79.9. The first-order chi connectivity index (χ1) is 9.84. The molecule has 0 spiro atoms. The zero-order valence-electron chi connectivity index (χ0n) is 11.6. The number of nitrogens with one attached hydrogen (secondary N) is 2. The zero-order valence-corrected chi connectivity index (χ0v) is 13.2. The molecule has 0 saturated heterocycles. The van der Waals surface area contributed by atoms with Gasteiger partial charge in [0.1, 0.15) is 5.54 Å². The Labute approximate surface area is 130 Å². The molecule has 1 fully saturated rings. The van der Waals surface area contributed by atoms with Crippen LogP contribution in [0.1, 0.15) is 43.0 Å². The van der Waals surface area contributed by atoms with Gasteiger partial charge in [0.2, 0.25) is 0 Å². The smallest absolute Gasteiger partial charge is 0.329 e. The molecular formula is C14H17BrN2O4. The third kappa shape index (κ3) is 3.34. The average Bonchev–Trinajstić information content (AvgIpc) is 2.44. The maximum atomic E-state index is 12.3. The molecule has 1 heterocycles. The van der Waals surface area contributed by atoms with Crippen molar-refractivity contribution >= 4 is 27.8 Å². The highest BCUT2D eigenvalue weighted by molar-refractivity contribution is 9.10. The summed E-state index contributed by atoms with van der Waals surface area (Å²) in [4.78, 5) is 37.5. The molecule has 1 aliphatic carbocycles. The lowest BCUT2D eigenvalue weighted by molar-refractivity contribution is -0.146. The Hall–Kier alpha value is -1.63. The molecule has 1 aliphatic rings. The largest absolute Gasteiger partial charge is 0.480 e. The van der Waals surface area contributed by atoms with Gasteiger partial charge >= 0.3 is 5.97 Å². The van der Waals surface area contributed by atoms with E-state index in [1.807, 2.05) is 0 Å². The molecule has 21 heavy (non-hydrogen) atoms. The quantitative estimate of drug-likeness (QED) is 0.769. The lowest BCUT2D eigenvalue weighted by Crippen LogP contribution is -2.56. The van der Waals surface area contributed by atoms with Crippen LogP contribution in [0.4, 0.5) is 0 Å². The molecule has 0 bridgehead atoms. The van der Waals surface area contributed by atoms with E-state index in [0.717, 1.165) is 12.8 Å². The van der Waals surface area contributed by atoms with Gasteiger partial charge in [-0.2, -0.15) is 0 Å². The Morgan fingerprint density at radius 2 is 2.05 bits per heavy atom. The van der Waals surface area contributed by atoms with Crippen molar-refractivity contribution < 1.29 is 14.7 Å². The maximum Gasteiger partial charge on any atom is 0.329 e. The Morgan fingerprint density at radius 1 is 1.43 bits per heavy atom. The summed E-state index contributed by atoms with van der Waals surface area (Å²) in [5.74, 6) is -1.04. The molecule has 114 valence electrons. The van der Waals surface area contributed by atoms with Crippen molar-refractivity contribution in [1.29, 1.82) is 0 Å². The fraction of sp³-hybridized carbons (Fsp3) is 0.500. The van der Waals surface area contributed by atoms with E-state index in [9.17, 15) is 19.5 Å². The van der Waals surface area contributed by atoms with Crippen LogP contribution in [0.2, 0.25) is 0 Å². The molecule has 0 atom stereocenters. The lowest BCUT2D eigenvalue weighted by atomic mass is 9.77. The molecule has 0 aromatic carbocycles. The second kappa shape index (κ2) is 6.01. The van der Waals surface area contributed by atoms with Crippen LogP contribution in [-0.2, 0) is 4.79 Å². The molecule has 3 N–H and O–H groups in total. The number of carboxylic acid groups (broad SMARTS) is 1. The van der Waals surface area contributed by atoms with Crippen LogP contribution in [0.15, 0.2) is 21.5 Å². The van der Waals surface area contributed by atoms with Crippen LogP contribution < -0.4 is 10.9 Å². The number of pyridine rings is 1. The second-order valence-corrected chi connectivity index (χ2v) is 6.44. The van der Waals surface area contributed by atoms with E-state index in [0.29, 0.717) is 18.8 Å². The summed E-state index contributed by atoms with van der Waals surface area (Å²) in [5, 5.41) is 12.1. The number of carbonyl (C=O) groups is 2. The molecule has 0 unspecified atom stereocenters. The first-order valence-electron chi connectivity index (χ1n) is 6.78.